The molecule has 2 amide bonds. The molecule has 5 rings (SSSR count). The van der Waals surface area contributed by atoms with Crippen molar-refractivity contribution < 1.29 is 27.1 Å². The summed E-state index contributed by atoms with van der Waals surface area (Å²) in [5.74, 6) is -0.886. The lowest BCUT2D eigenvalue weighted by molar-refractivity contribution is -0.125. The minimum atomic E-state index is -3.72. The number of likely N-dealkylation sites (N-methyl/N-ethyl adjacent to an activating group) is 1. The van der Waals surface area contributed by atoms with Gasteiger partial charge in [0, 0.05) is 24.6 Å². The molecule has 2 aliphatic carbocycles. The Morgan fingerprint density at radius 2 is 1.84 bits per heavy atom. The van der Waals surface area contributed by atoms with Crippen LogP contribution < -0.4 is 14.8 Å². The molecule has 43 heavy (non-hydrogen) atoms. The molecule has 1 heterocycles. The number of sulfonamides is 1. The van der Waals surface area contributed by atoms with E-state index in [9.17, 15) is 18.0 Å². The summed E-state index contributed by atoms with van der Waals surface area (Å²) in [5, 5.41) is 3.25. The van der Waals surface area contributed by atoms with Crippen molar-refractivity contribution in [1.29, 1.82) is 0 Å². The van der Waals surface area contributed by atoms with Crippen molar-refractivity contribution in [1.82, 2.24) is 14.9 Å². The molecule has 3 aliphatic rings. The molecule has 0 spiro atoms. The van der Waals surface area contributed by atoms with Gasteiger partial charge in [0.2, 0.25) is 21.8 Å². The molecule has 2 aromatic carbocycles. The van der Waals surface area contributed by atoms with Crippen LogP contribution in [-0.2, 0) is 19.6 Å². The number of carbonyl (C=O) groups is 2. The van der Waals surface area contributed by atoms with Crippen LogP contribution in [0.2, 0.25) is 0 Å². The van der Waals surface area contributed by atoms with Crippen LogP contribution in [0.5, 0.6) is 5.75 Å². The van der Waals surface area contributed by atoms with Crippen LogP contribution in [0.4, 0.5) is 4.39 Å². The number of carbonyl (C=O) groups excluding carboxylic acids is 2. The van der Waals surface area contributed by atoms with Gasteiger partial charge in [-0.15, -0.1) is 0 Å². The Bertz CT molecular complexity index is 1490. The third-order valence-corrected chi connectivity index (χ3v) is 9.89. The van der Waals surface area contributed by atoms with E-state index in [2.05, 4.69) is 28.8 Å². The lowest BCUT2D eigenvalue weighted by Crippen LogP contribution is -2.45. The van der Waals surface area contributed by atoms with E-state index in [1.165, 1.54) is 6.07 Å². The molecule has 234 valence electrons. The van der Waals surface area contributed by atoms with Crippen molar-refractivity contribution >= 4 is 21.8 Å². The largest absolute Gasteiger partial charge is 0.490 e. The number of halogens is 1. The number of hydrogen-bond acceptors (Lipinski definition) is 6. The summed E-state index contributed by atoms with van der Waals surface area (Å²) in [7, 11) is -1.72. The van der Waals surface area contributed by atoms with Crippen LogP contribution in [0.15, 0.2) is 36.4 Å². The van der Waals surface area contributed by atoms with Crippen LogP contribution in [0.3, 0.4) is 0 Å². The quantitative estimate of drug-likeness (QED) is 0.409. The average Bonchev–Trinajstić information content (AvgIpc) is 3.44. The van der Waals surface area contributed by atoms with E-state index >= 15 is 4.39 Å². The van der Waals surface area contributed by atoms with Crippen LogP contribution in [0.1, 0.15) is 88.7 Å². The molecule has 2 N–H and O–H groups in total. The normalized spacial score (nSPS) is 24.7. The first-order chi connectivity index (χ1) is 20.2. The fourth-order valence-corrected chi connectivity index (χ4v) is 7.46. The van der Waals surface area contributed by atoms with E-state index < -0.39 is 21.8 Å². The number of benzene rings is 2. The minimum absolute atomic E-state index is 0.0109. The smallest absolute Gasteiger partial charge is 0.240 e. The van der Waals surface area contributed by atoms with Gasteiger partial charge in [-0.1, -0.05) is 38.5 Å². The van der Waals surface area contributed by atoms with Gasteiger partial charge in [0.15, 0.2) is 0 Å². The first kappa shape index (κ1) is 31.4. The molecule has 2 saturated carbocycles. The number of rotatable bonds is 9. The van der Waals surface area contributed by atoms with Crippen LogP contribution in [-0.4, -0.2) is 63.2 Å². The Morgan fingerprint density at radius 1 is 1.09 bits per heavy atom. The van der Waals surface area contributed by atoms with Crippen LogP contribution in [0, 0.1) is 11.2 Å². The number of ether oxygens (including phenoxy) is 1. The Hall–Kier alpha value is -2.98. The zero-order chi connectivity index (χ0) is 31.1. The van der Waals surface area contributed by atoms with Crippen molar-refractivity contribution in [2.24, 2.45) is 5.41 Å². The molecule has 1 saturated heterocycles. The highest BCUT2D eigenvalue weighted by atomic mass is 32.2. The second-order valence-electron chi connectivity index (χ2n) is 13.6. The molecule has 4 atom stereocenters. The number of likely N-dealkylation sites (tertiary alicyclic amines) is 1. The number of amides is 2. The maximum atomic E-state index is 15.3. The highest BCUT2D eigenvalue weighted by Crippen LogP contribution is 2.45. The van der Waals surface area contributed by atoms with E-state index in [0.29, 0.717) is 28.9 Å². The van der Waals surface area contributed by atoms with Gasteiger partial charge < -0.3 is 10.1 Å². The highest BCUT2D eigenvalue weighted by molar-refractivity contribution is 7.89. The second kappa shape index (κ2) is 12.2. The summed E-state index contributed by atoms with van der Waals surface area (Å²) in [6.07, 6.45) is 6.75. The van der Waals surface area contributed by atoms with Gasteiger partial charge in [0.25, 0.3) is 0 Å². The first-order valence-electron chi connectivity index (χ1n) is 15.3. The molecule has 3 fully saturated rings. The molecule has 10 heteroatoms. The highest BCUT2D eigenvalue weighted by Gasteiger charge is 2.40. The molecule has 0 unspecified atom stereocenters. The van der Waals surface area contributed by atoms with Gasteiger partial charge in [0.05, 0.1) is 18.2 Å². The Morgan fingerprint density at radius 3 is 2.47 bits per heavy atom. The molecule has 8 nitrogen and oxygen atoms in total. The van der Waals surface area contributed by atoms with Gasteiger partial charge in [-0.3, -0.25) is 19.2 Å². The monoisotopic (exact) mass is 613 g/mol. The zero-order valence-electron chi connectivity index (χ0n) is 25.8. The van der Waals surface area contributed by atoms with E-state index in [4.69, 9.17) is 4.74 Å². The SMILES string of the molecule is C[C@@H](C(=O)NS(C)(=O)=O)c1ccc(O[C@@H]2CC[C@@H](NC(=O)[C@@H]3CC(C)(C)CN3C)C2)c(-c2cccc(F)c2C2CCC2)c1. The molecule has 0 bridgehead atoms. The van der Waals surface area contributed by atoms with Crippen molar-refractivity contribution in [3.8, 4) is 16.9 Å². The van der Waals surface area contributed by atoms with E-state index in [1.807, 2.05) is 19.2 Å². The summed E-state index contributed by atoms with van der Waals surface area (Å²) >= 11 is 0. The number of nitrogens with zero attached hydrogens (tertiary/aromatic N) is 1. The molecule has 0 radical (unpaired) electrons. The minimum Gasteiger partial charge on any atom is -0.490 e. The summed E-state index contributed by atoms with van der Waals surface area (Å²) in [6, 6.07) is 10.3. The third kappa shape index (κ3) is 7.23. The molecule has 2 aromatic rings. The Kier molecular flexibility index (Phi) is 8.91. The summed E-state index contributed by atoms with van der Waals surface area (Å²) in [4.78, 5) is 28.0. The predicted molar refractivity (Wildman–Crippen MR) is 165 cm³/mol. The van der Waals surface area contributed by atoms with E-state index in [-0.39, 0.29) is 41.2 Å². The van der Waals surface area contributed by atoms with Crippen molar-refractivity contribution in [2.45, 2.75) is 95.7 Å². The lowest BCUT2D eigenvalue weighted by Gasteiger charge is -2.29. The van der Waals surface area contributed by atoms with E-state index in [0.717, 1.165) is 56.9 Å². The topological polar surface area (TPSA) is 105 Å². The summed E-state index contributed by atoms with van der Waals surface area (Å²) in [5.41, 5.74) is 2.78. The summed E-state index contributed by atoms with van der Waals surface area (Å²) < 4.78 is 47.3. The summed E-state index contributed by atoms with van der Waals surface area (Å²) in [6.45, 7) is 6.91. The number of hydrogen-bond donors (Lipinski definition) is 2. The van der Waals surface area contributed by atoms with Crippen molar-refractivity contribution in [2.75, 3.05) is 19.8 Å². The third-order valence-electron chi connectivity index (χ3n) is 9.32. The maximum absolute atomic E-state index is 15.3. The van der Waals surface area contributed by atoms with Crippen molar-refractivity contribution in [3.05, 3.63) is 53.3 Å². The zero-order valence-corrected chi connectivity index (χ0v) is 26.6. The fourth-order valence-electron chi connectivity index (χ4n) is 6.91. The lowest BCUT2D eigenvalue weighted by atomic mass is 9.76. The Labute approximate surface area is 254 Å². The van der Waals surface area contributed by atoms with Gasteiger partial charge in [-0.05, 0) is 92.3 Å². The standard InChI is InChI=1S/C33H44FN3O5S/c1-20(31(38)36-43(5,40)41)22-12-15-29(26(16-22)25-10-7-11-27(34)30(25)21-8-6-9-21)42-24-14-13-23(17-24)35-32(39)28-18-33(2,3)19-37(28)4/h7,10-12,15-16,20-21,23-24,28H,6,8-9,13-14,17-19H2,1-5H3,(H,35,39)(H,36,38)/t20-,23-,24-,28+/m1/s1. The second-order valence-corrected chi connectivity index (χ2v) is 15.4. The van der Waals surface area contributed by atoms with Gasteiger partial charge in [-0.25, -0.2) is 12.8 Å². The van der Waals surface area contributed by atoms with Crippen LogP contribution >= 0.6 is 0 Å². The molecular weight excluding hydrogens is 569 g/mol. The van der Waals surface area contributed by atoms with Crippen LogP contribution in [0.25, 0.3) is 11.1 Å². The van der Waals surface area contributed by atoms with Gasteiger partial charge in [0.1, 0.15) is 17.7 Å². The fraction of sp³-hybridized carbons (Fsp3) is 0.576. The van der Waals surface area contributed by atoms with Gasteiger partial charge >= 0.3 is 0 Å². The predicted octanol–water partition coefficient (Wildman–Crippen LogP) is 5.09. The molecule has 0 aromatic heterocycles. The maximum Gasteiger partial charge on any atom is 0.240 e. The van der Waals surface area contributed by atoms with E-state index in [1.54, 1.807) is 25.1 Å². The first-order valence-corrected chi connectivity index (χ1v) is 17.2. The Balaban J connectivity index is 1.39. The van der Waals surface area contributed by atoms with Crippen molar-refractivity contribution in [3.63, 3.8) is 0 Å². The average molecular weight is 614 g/mol. The molecular formula is C33H44FN3O5S. The molecule has 1 aliphatic heterocycles. The number of nitrogens with one attached hydrogen (secondary N) is 2. The van der Waals surface area contributed by atoms with Gasteiger partial charge in [-0.2, -0.15) is 0 Å².